The number of nitrogens with one attached hydrogen (secondary N) is 2. The minimum absolute atomic E-state index is 0.0787. The van der Waals surface area contributed by atoms with E-state index in [0.717, 1.165) is 25.2 Å². The molecule has 0 saturated carbocycles. The van der Waals surface area contributed by atoms with E-state index in [1.54, 1.807) is 0 Å². The molecule has 4 N–H and O–H groups in total. The Kier molecular flexibility index (Phi) is 6.58. The maximum atomic E-state index is 12.6. The fourth-order valence-electron chi connectivity index (χ4n) is 2.61. The lowest BCUT2D eigenvalue weighted by Crippen LogP contribution is -3.08. The molecule has 1 rings (SSSR count). The smallest absolute Gasteiger partial charge is 0.339 e. The molecule has 0 aliphatic heterocycles. The largest absolute Gasteiger partial charge is 0.416 e. The molecule has 0 spiro atoms. The van der Waals surface area contributed by atoms with E-state index in [9.17, 15) is 18.0 Å². The first kappa shape index (κ1) is 19.4. The number of hydrogen-bond acceptors (Lipinski definition) is 1. The first-order valence-corrected chi connectivity index (χ1v) is 7.57. The Morgan fingerprint density at radius 1 is 1.26 bits per heavy atom. The average Bonchev–Trinajstić information content (AvgIpc) is 2.36. The fourth-order valence-corrected chi connectivity index (χ4v) is 2.61. The molecular formula is C16H26F3N3O+2. The van der Waals surface area contributed by atoms with Gasteiger partial charge in [0.2, 0.25) is 0 Å². The van der Waals surface area contributed by atoms with Crippen molar-refractivity contribution in [3.63, 3.8) is 0 Å². The molecule has 1 amide bonds. The first-order chi connectivity index (χ1) is 10.5. The van der Waals surface area contributed by atoms with Gasteiger partial charge in [0.05, 0.1) is 38.2 Å². The zero-order valence-electron chi connectivity index (χ0n) is 14.1. The third kappa shape index (κ3) is 7.47. The molecule has 0 saturated heterocycles. The van der Waals surface area contributed by atoms with E-state index in [1.165, 1.54) is 17.0 Å². The van der Waals surface area contributed by atoms with Crippen LogP contribution >= 0.6 is 0 Å². The number of rotatable bonds is 7. The highest BCUT2D eigenvalue weighted by atomic mass is 19.4. The van der Waals surface area contributed by atoms with Crippen LogP contribution in [0.5, 0.6) is 0 Å². The van der Waals surface area contributed by atoms with Crippen molar-refractivity contribution in [2.75, 3.05) is 39.0 Å². The van der Waals surface area contributed by atoms with Crippen LogP contribution in [0.3, 0.4) is 0 Å². The Labute approximate surface area is 135 Å². The minimum Gasteiger partial charge on any atom is -0.339 e. The number of carbonyl (C=O) groups excluding carboxylic acids is 1. The van der Waals surface area contributed by atoms with E-state index in [4.69, 9.17) is 0 Å². The summed E-state index contributed by atoms with van der Waals surface area (Å²) in [6.07, 6.45) is -4.41. The van der Waals surface area contributed by atoms with Crippen LogP contribution in [-0.4, -0.2) is 39.6 Å². The Balaban J connectivity index is 2.49. The summed E-state index contributed by atoms with van der Waals surface area (Å²) in [5.74, 6) is -0.308. The van der Waals surface area contributed by atoms with Crippen LogP contribution in [0.2, 0.25) is 0 Å². The van der Waals surface area contributed by atoms with Crippen LogP contribution < -0.4 is 15.5 Å². The monoisotopic (exact) mass is 333 g/mol. The second-order valence-corrected chi connectivity index (χ2v) is 6.87. The highest BCUT2D eigenvalue weighted by Crippen LogP contribution is 2.30. The number of benzene rings is 1. The summed E-state index contributed by atoms with van der Waals surface area (Å²) in [5.41, 5.74) is -0.528. The van der Waals surface area contributed by atoms with Crippen molar-refractivity contribution in [2.24, 2.45) is 5.41 Å². The molecule has 0 heterocycles. The molecular weight excluding hydrogens is 307 g/mol. The summed E-state index contributed by atoms with van der Waals surface area (Å²) < 4.78 is 37.9. The van der Waals surface area contributed by atoms with E-state index in [2.05, 4.69) is 33.3 Å². The van der Waals surface area contributed by atoms with Gasteiger partial charge in [-0.05, 0) is 32.0 Å². The summed E-state index contributed by atoms with van der Waals surface area (Å²) in [4.78, 5) is 13.2. The SMILES string of the molecule is C[NH+](C)CC(C)(C)C[NH2+]CC(=O)Nc1cccc(C(F)(F)F)c1. The molecule has 7 heteroatoms. The van der Waals surface area contributed by atoms with Crippen LogP contribution in [0.1, 0.15) is 19.4 Å². The Bertz CT molecular complexity index is 528. The van der Waals surface area contributed by atoms with Crippen LogP contribution in [0.25, 0.3) is 0 Å². The predicted molar refractivity (Wildman–Crippen MR) is 83.2 cm³/mol. The van der Waals surface area contributed by atoms with E-state index in [-0.39, 0.29) is 23.6 Å². The lowest BCUT2D eigenvalue weighted by Gasteiger charge is -2.23. The standard InChI is InChI=1S/C16H24F3N3O/c1-15(2,11-22(3)4)10-20-9-14(23)21-13-7-5-6-12(8-13)16(17,18)19/h5-8,20H,9-11H2,1-4H3,(H,21,23)/p+2. The maximum absolute atomic E-state index is 12.6. The predicted octanol–water partition coefficient (Wildman–Crippen LogP) is 0.378. The molecule has 4 nitrogen and oxygen atoms in total. The van der Waals surface area contributed by atoms with Gasteiger partial charge in [-0.3, -0.25) is 4.79 Å². The normalized spacial score (nSPS) is 12.5. The van der Waals surface area contributed by atoms with Gasteiger partial charge >= 0.3 is 6.18 Å². The second-order valence-electron chi connectivity index (χ2n) is 6.87. The Morgan fingerprint density at radius 2 is 1.91 bits per heavy atom. The van der Waals surface area contributed by atoms with Crippen LogP contribution in [0.4, 0.5) is 18.9 Å². The molecule has 0 radical (unpaired) electrons. The lowest BCUT2D eigenvalue weighted by molar-refractivity contribution is -0.868. The van der Waals surface area contributed by atoms with E-state index >= 15 is 0 Å². The summed E-state index contributed by atoms with van der Waals surface area (Å²) in [7, 11) is 4.14. The molecule has 0 bridgehead atoms. The van der Waals surface area contributed by atoms with Gasteiger partial charge in [-0.2, -0.15) is 13.2 Å². The molecule has 0 unspecified atom stereocenters. The average molecular weight is 333 g/mol. The highest BCUT2D eigenvalue weighted by Gasteiger charge is 2.30. The zero-order valence-corrected chi connectivity index (χ0v) is 14.1. The summed E-state index contributed by atoms with van der Waals surface area (Å²) in [6, 6.07) is 4.66. The highest BCUT2D eigenvalue weighted by molar-refractivity contribution is 5.91. The van der Waals surface area contributed by atoms with Crippen molar-refractivity contribution in [1.29, 1.82) is 0 Å². The zero-order chi connectivity index (χ0) is 17.7. The number of hydrogen-bond donors (Lipinski definition) is 3. The number of alkyl halides is 3. The first-order valence-electron chi connectivity index (χ1n) is 7.57. The van der Waals surface area contributed by atoms with Gasteiger partial charge in [0.1, 0.15) is 0 Å². The lowest BCUT2D eigenvalue weighted by atomic mass is 9.93. The molecule has 23 heavy (non-hydrogen) atoms. The Morgan fingerprint density at radius 3 is 2.48 bits per heavy atom. The molecule has 1 aromatic rings. The number of quaternary nitrogens is 2. The van der Waals surface area contributed by atoms with Gasteiger partial charge in [0.15, 0.2) is 6.54 Å². The molecule has 0 aliphatic rings. The maximum Gasteiger partial charge on any atom is 0.416 e. The second kappa shape index (κ2) is 7.79. The molecule has 130 valence electrons. The molecule has 0 aromatic heterocycles. The van der Waals surface area contributed by atoms with Crippen molar-refractivity contribution < 1.29 is 28.2 Å². The quantitative estimate of drug-likeness (QED) is 0.664. The van der Waals surface area contributed by atoms with Crippen LogP contribution in [0.15, 0.2) is 24.3 Å². The number of carbonyl (C=O) groups is 1. The molecule has 0 aliphatic carbocycles. The number of amides is 1. The fraction of sp³-hybridized carbons (Fsp3) is 0.562. The van der Waals surface area contributed by atoms with Gasteiger partial charge in [0.25, 0.3) is 5.91 Å². The number of nitrogens with two attached hydrogens (primary N) is 1. The number of halogens is 3. The molecule has 0 fully saturated rings. The van der Waals surface area contributed by atoms with Crippen molar-refractivity contribution in [1.82, 2.24) is 0 Å². The third-order valence-electron chi connectivity index (χ3n) is 3.33. The van der Waals surface area contributed by atoms with Crippen molar-refractivity contribution >= 4 is 11.6 Å². The van der Waals surface area contributed by atoms with Gasteiger partial charge in [-0.1, -0.05) is 6.07 Å². The van der Waals surface area contributed by atoms with Gasteiger partial charge in [-0.25, -0.2) is 0 Å². The summed E-state index contributed by atoms with van der Waals surface area (Å²) in [6.45, 7) is 6.18. The van der Waals surface area contributed by atoms with Crippen molar-refractivity contribution in [3.05, 3.63) is 29.8 Å². The summed E-state index contributed by atoms with van der Waals surface area (Å²) in [5, 5.41) is 4.39. The van der Waals surface area contributed by atoms with Gasteiger partial charge in [0, 0.05) is 5.69 Å². The van der Waals surface area contributed by atoms with E-state index < -0.39 is 11.7 Å². The number of anilines is 1. The van der Waals surface area contributed by atoms with Crippen molar-refractivity contribution in [3.8, 4) is 0 Å². The van der Waals surface area contributed by atoms with E-state index in [1.807, 2.05) is 5.32 Å². The van der Waals surface area contributed by atoms with E-state index in [0.29, 0.717) is 0 Å². The van der Waals surface area contributed by atoms with Gasteiger partial charge < -0.3 is 15.5 Å². The van der Waals surface area contributed by atoms with Crippen LogP contribution in [0, 0.1) is 5.41 Å². The minimum atomic E-state index is -4.41. The molecule has 0 atom stereocenters. The summed E-state index contributed by atoms with van der Waals surface area (Å²) >= 11 is 0. The Hall–Kier alpha value is -1.60. The molecule has 1 aromatic carbocycles. The van der Waals surface area contributed by atoms with Crippen molar-refractivity contribution in [2.45, 2.75) is 20.0 Å². The van der Waals surface area contributed by atoms with Crippen LogP contribution in [-0.2, 0) is 11.0 Å². The van der Waals surface area contributed by atoms with Gasteiger partial charge in [-0.15, -0.1) is 0 Å². The third-order valence-corrected chi connectivity index (χ3v) is 3.33. The topological polar surface area (TPSA) is 50.2 Å².